The number of aromatic amines is 1. The van der Waals surface area contributed by atoms with E-state index < -0.39 is 11.4 Å². The van der Waals surface area contributed by atoms with Crippen LogP contribution in [0.25, 0.3) is 10.9 Å². The molecule has 0 radical (unpaired) electrons. The number of carbonyl (C=O) groups excluding carboxylic acids is 1. The van der Waals surface area contributed by atoms with Crippen LogP contribution in [-0.2, 0) is 16.8 Å². The first kappa shape index (κ1) is 15.9. The summed E-state index contributed by atoms with van der Waals surface area (Å²) in [4.78, 5) is 16.5. The maximum absolute atomic E-state index is 14.1. The Kier molecular flexibility index (Phi) is 3.10. The number of benzene rings is 2. The van der Waals surface area contributed by atoms with Crippen LogP contribution in [0.1, 0.15) is 29.3 Å². The number of hydrogen-bond acceptors (Lipinski definition) is 2. The van der Waals surface area contributed by atoms with Gasteiger partial charge >= 0.3 is 0 Å². The zero-order valence-corrected chi connectivity index (χ0v) is 15.1. The number of amides is 1. The predicted molar refractivity (Wildman–Crippen MR) is 100 cm³/mol. The Labute approximate surface area is 154 Å². The molecular formula is C20H17ClFN3O. The number of nitrogens with one attached hydrogen (secondary N) is 3. The molecule has 0 aliphatic carbocycles. The van der Waals surface area contributed by atoms with Gasteiger partial charge in [-0.15, -0.1) is 0 Å². The molecule has 3 aromatic rings. The lowest BCUT2D eigenvalue weighted by molar-refractivity contribution is -0.121. The van der Waals surface area contributed by atoms with Crippen molar-refractivity contribution < 1.29 is 9.18 Å². The lowest BCUT2D eigenvalue weighted by Gasteiger charge is -2.37. The summed E-state index contributed by atoms with van der Waals surface area (Å²) in [5, 5.41) is 7.34. The summed E-state index contributed by atoms with van der Waals surface area (Å²) in [5.74, 6) is -0.572. The Morgan fingerprint density at radius 3 is 2.88 bits per heavy atom. The Morgan fingerprint density at radius 1 is 1.27 bits per heavy atom. The van der Waals surface area contributed by atoms with E-state index in [4.69, 9.17) is 11.6 Å². The first-order valence-corrected chi connectivity index (χ1v) is 8.98. The molecule has 2 aliphatic heterocycles. The third kappa shape index (κ3) is 1.90. The van der Waals surface area contributed by atoms with Gasteiger partial charge in [-0.3, -0.25) is 10.1 Å². The molecule has 1 aromatic heterocycles. The van der Waals surface area contributed by atoms with Crippen LogP contribution in [0, 0.1) is 12.7 Å². The highest BCUT2D eigenvalue weighted by atomic mass is 35.5. The average molecular weight is 370 g/mol. The highest BCUT2D eigenvalue weighted by molar-refractivity contribution is 6.31. The molecule has 26 heavy (non-hydrogen) atoms. The fourth-order valence-corrected chi connectivity index (χ4v) is 4.55. The van der Waals surface area contributed by atoms with Gasteiger partial charge in [0.1, 0.15) is 5.82 Å². The van der Waals surface area contributed by atoms with E-state index in [1.165, 1.54) is 6.07 Å². The molecule has 4 nitrogen and oxygen atoms in total. The lowest BCUT2D eigenvalue weighted by Crippen LogP contribution is -2.56. The number of H-pyrrole nitrogens is 1. The number of anilines is 1. The molecule has 132 valence electrons. The molecule has 0 bridgehead atoms. The lowest BCUT2D eigenvalue weighted by atomic mass is 9.79. The van der Waals surface area contributed by atoms with E-state index in [0.29, 0.717) is 6.42 Å². The Bertz CT molecular complexity index is 1110. The summed E-state index contributed by atoms with van der Waals surface area (Å²) >= 11 is 5.97. The van der Waals surface area contributed by atoms with Crippen molar-refractivity contribution in [2.45, 2.75) is 31.8 Å². The zero-order valence-electron chi connectivity index (χ0n) is 14.3. The van der Waals surface area contributed by atoms with Gasteiger partial charge in [-0.1, -0.05) is 29.3 Å². The van der Waals surface area contributed by atoms with Crippen LogP contribution in [0.5, 0.6) is 0 Å². The Balaban J connectivity index is 1.87. The van der Waals surface area contributed by atoms with Crippen molar-refractivity contribution in [2.75, 3.05) is 5.32 Å². The summed E-state index contributed by atoms with van der Waals surface area (Å²) in [5.41, 5.74) is 4.25. The van der Waals surface area contributed by atoms with Crippen molar-refractivity contribution in [1.82, 2.24) is 10.3 Å². The van der Waals surface area contributed by atoms with E-state index in [1.807, 2.05) is 32.0 Å². The number of hydrogen-bond donors (Lipinski definition) is 3. The SMILES string of the molecule is Cc1ccc2c(c1)[C@]1(NC(C)Cc3c1[nH]c1cc(Cl)c(F)cc31)C(=O)N2. The summed E-state index contributed by atoms with van der Waals surface area (Å²) in [6, 6.07) is 9.04. The van der Waals surface area contributed by atoms with Crippen LogP contribution in [0.4, 0.5) is 10.1 Å². The predicted octanol–water partition coefficient (Wildman–Crippen LogP) is 4.00. The van der Waals surface area contributed by atoms with Crippen LogP contribution >= 0.6 is 11.6 Å². The summed E-state index contributed by atoms with van der Waals surface area (Å²) in [6.07, 6.45) is 0.701. The monoisotopic (exact) mass is 369 g/mol. The first-order chi connectivity index (χ1) is 12.4. The summed E-state index contributed by atoms with van der Waals surface area (Å²) in [7, 11) is 0. The van der Waals surface area contributed by atoms with Gasteiger partial charge in [0.05, 0.1) is 10.7 Å². The van der Waals surface area contributed by atoms with Crippen LogP contribution in [0.2, 0.25) is 5.02 Å². The molecular weight excluding hydrogens is 353 g/mol. The fraction of sp³-hybridized carbons (Fsp3) is 0.250. The molecule has 3 heterocycles. The van der Waals surface area contributed by atoms with Gasteiger partial charge in [0, 0.05) is 28.2 Å². The molecule has 0 saturated carbocycles. The highest BCUT2D eigenvalue weighted by Crippen LogP contribution is 2.46. The minimum Gasteiger partial charge on any atom is -0.356 e. The minimum atomic E-state index is -1.00. The van der Waals surface area contributed by atoms with Crippen LogP contribution < -0.4 is 10.6 Å². The van der Waals surface area contributed by atoms with Gasteiger partial charge < -0.3 is 10.3 Å². The Morgan fingerprint density at radius 2 is 2.08 bits per heavy atom. The maximum atomic E-state index is 14.1. The third-order valence-corrected chi connectivity index (χ3v) is 5.75. The van der Waals surface area contributed by atoms with Crippen molar-refractivity contribution in [3.05, 3.63) is 63.6 Å². The average Bonchev–Trinajstić information content (AvgIpc) is 3.06. The molecule has 1 unspecified atom stereocenters. The quantitative estimate of drug-likeness (QED) is 0.561. The van der Waals surface area contributed by atoms with Gasteiger partial charge in [0.2, 0.25) is 0 Å². The van der Waals surface area contributed by atoms with Gasteiger partial charge in [-0.2, -0.15) is 0 Å². The molecule has 0 fully saturated rings. The molecule has 2 aliphatic rings. The van der Waals surface area contributed by atoms with E-state index in [0.717, 1.165) is 39.0 Å². The van der Waals surface area contributed by atoms with Crippen molar-refractivity contribution in [3.63, 3.8) is 0 Å². The van der Waals surface area contributed by atoms with Gasteiger partial charge in [0.25, 0.3) is 5.91 Å². The highest BCUT2D eigenvalue weighted by Gasteiger charge is 2.53. The van der Waals surface area contributed by atoms with E-state index >= 15 is 0 Å². The van der Waals surface area contributed by atoms with Gasteiger partial charge in [-0.05, 0) is 44.0 Å². The number of halogens is 2. The fourth-order valence-electron chi connectivity index (χ4n) is 4.38. The van der Waals surface area contributed by atoms with E-state index in [-0.39, 0.29) is 17.0 Å². The van der Waals surface area contributed by atoms with Gasteiger partial charge in [0.15, 0.2) is 5.54 Å². The Hall–Kier alpha value is -2.37. The van der Waals surface area contributed by atoms with E-state index in [1.54, 1.807) is 6.07 Å². The summed E-state index contributed by atoms with van der Waals surface area (Å²) < 4.78 is 14.1. The van der Waals surface area contributed by atoms with Crippen molar-refractivity contribution in [3.8, 4) is 0 Å². The standard InChI is InChI=1S/C20H17ClFN3O/c1-9-3-4-16-13(5-9)20(19(26)24-16)18-12(6-10(2)25-20)11-7-15(22)14(21)8-17(11)23-18/h3-5,7-8,10,23,25H,6H2,1-2H3,(H,24,26)/t10?,20-/m1/s1. The molecule has 2 atom stereocenters. The second-order valence-corrected chi connectivity index (χ2v) is 7.70. The second kappa shape index (κ2) is 5.09. The van der Waals surface area contributed by atoms with E-state index in [9.17, 15) is 9.18 Å². The first-order valence-electron chi connectivity index (χ1n) is 8.60. The number of rotatable bonds is 0. The van der Waals surface area contributed by atoms with Crippen molar-refractivity contribution in [2.24, 2.45) is 0 Å². The topological polar surface area (TPSA) is 56.9 Å². The second-order valence-electron chi connectivity index (χ2n) is 7.29. The molecule has 6 heteroatoms. The van der Waals surface area contributed by atoms with Crippen LogP contribution in [0.15, 0.2) is 30.3 Å². The van der Waals surface area contributed by atoms with E-state index in [2.05, 4.69) is 15.6 Å². The van der Waals surface area contributed by atoms with Crippen LogP contribution in [-0.4, -0.2) is 16.9 Å². The number of fused-ring (bicyclic) bond motifs is 6. The summed E-state index contributed by atoms with van der Waals surface area (Å²) in [6.45, 7) is 4.04. The minimum absolute atomic E-state index is 0.0532. The zero-order chi connectivity index (χ0) is 18.2. The third-order valence-electron chi connectivity index (χ3n) is 5.46. The van der Waals surface area contributed by atoms with Crippen molar-refractivity contribution in [1.29, 1.82) is 0 Å². The molecule has 0 saturated heterocycles. The molecule has 1 amide bonds. The van der Waals surface area contributed by atoms with Crippen LogP contribution in [0.3, 0.4) is 0 Å². The molecule has 2 aromatic carbocycles. The smallest absolute Gasteiger partial charge is 0.255 e. The van der Waals surface area contributed by atoms with Gasteiger partial charge in [-0.25, -0.2) is 4.39 Å². The normalized spacial score (nSPS) is 24.0. The number of carbonyl (C=O) groups is 1. The molecule has 3 N–H and O–H groups in total. The van der Waals surface area contributed by atoms with Crippen molar-refractivity contribution >= 4 is 34.1 Å². The number of aryl methyl sites for hydroxylation is 1. The largest absolute Gasteiger partial charge is 0.356 e. The molecule has 5 rings (SSSR count). The maximum Gasteiger partial charge on any atom is 0.255 e. The molecule has 1 spiro atoms. The number of aromatic nitrogens is 1.